The van der Waals surface area contributed by atoms with Crippen molar-refractivity contribution in [2.24, 2.45) is 0 Å². The van der Waals surface area contributed by atoms with Crippen molar-refractivity contribution in [1.82, 2.24) is 0 Å². The molecule has 23 heavy (non-hydrogen) atoms. The second-order valence-corrected chi connectivity index (χ2v) is 5.43. The topological polar surface area (TPSA) is 50.4 Å². The predicted octanol–water partition coefficient (Wildman–Crippen LogP) is 4.72. The van der Waals surface area contributed by atoms with Gasteiger partial charge in [0.1, 0.15) is 11.3 Å². The van der Waals surface area contributed by atoms with Crippen molar-refractivity contribution in [2.45, 2.75) is 12.6 Å². The molecule has 116 valence electrons. The summed E-state index contributed by atoms with van der Waals surface area (Å²) in [5.41, 5.74) is 1.58. The molecule has 1 heterocycles. The first-order chi connectivity index (χ1) is 10.9. The summed E-state index contributed by atoms with van der Waals surface area (Å²) >= 11 is 0. The quantitative estimate of drug-likeness (QED) is 0.552. The third-order valence-electron chi connectivity index (χ3n) is 4.12. The summed E-state index contributed by atoms with van der Waals surface area (Å²) in [5, 5.41) is 9.83. The summed E-state index contributed by atoms with van der Waals surface area (Å²) in [6, 6.07) is 8.21. The molecule has 0 spiro atoms. The highest BCUT2D eigenvalue weighted by molar-refractivity contribution is 5.97. The van der Waals surface area contributed by atoms with Crippen molar-refractivity contribution < 1.29 is 27.5 Å². The van der Waals surface area contributed by atoms with Crippen molar-refractivity contribution in [3.05, 3.63) is 58.7 Å². The molecule has 6 heteroatoms. The van der Waals surface area contributed by atoms with Crippen LogP contribution in [0.25, 0.3) is 22.3 Å². The van der Waals surface area contributed by atoms with Crippen LogP contribution in [0.4, 0.5) is 13.2 Å². The number of fused-ring (bicyclic) bond motifs is 5. The van der Waals surface area contributed by atoms with E-state index >= 15 is 0 Å². The molecule has 3 nitrogen and oxygen atoms in total. The predicted molar refractivity (Wildman–Crippen MR) is 76.4 cm³/mol. The average molecular weight is 318 g/mol. The minimum atomic E-state index is -4.43. The third kappa shape index (κ3) is 1.94. The largest absolute Gasteiger partial charge is 0.478 e. The fourth-order valence-electron chi connectivity index (χ4n) is 3.09. The van der Waals surface area contributed by atoms with E-state index in [4.69, 9.17) is 4.42 Å². The number of carboxylic acids is 1. The summed E-state index contributed by atoms with van der Waals surface area (Å²) < 4.78 is 44.0. The lowest BCUT2D eigenvalue weighted by Crippen LogP contribution is -2.04. The molecule has 1 aliphatic rings. The molecule has 2 aromatic carbocycles. The van der Waals surface area contributed by atoms with Crippen LogP contribution in [-0.4, -0.2) is 11.1 Å². The van der Waals surface area contributed by atoms with Crippen LogP contribution in [0.5, 0.6) is 0 Å². The Kier molecular flexibility index (Phi) is 2.64. The van der Waals surface area contributed by atoms with Crippen molar-refractivity contribution in [1.29, 1.82) is 0 Å². The van der Waals surface area contributed by atoms with Gasteiger partial charge in [-0.2, -0.15) is 13.2 Å². The van der Waals surface area contributed by atoms with Gasteiger partial charge >= 0.3 is 12.1 Å². The molecule has 0 aliphatic heterocycles. The number of carboxylic acid groups (broad SMARTS) is 1. The molecule has 0 saturated carbocycles. The van der Waals surface area contributed by atoms with Gasteiger partial charge in [-0.1, -0.05) is 18.2 Å². The van der Waals surface area contributed by atoms with Crippen LogP contribution in [0, 0.1) is 0 Å². The Morgan fingerprint density at radius 1 is 1.13 bits per heavy atom. The number of carbonyl (C=O) groups is 1. The molecule has 0 radical (unpaired) electrons. The Hall–Kier alpha value is -2.76. The lowest BCUT2D eigenvalue weighted by Gasteiger charge is -2.06. The van der Waals surface area contributed by atoms with E-state index in [2.05, 4.69) is 0 Å². The number of hydrogen-bond acceptors (Lipinski definition) is 2. The smallest absolute Gasteiger partial charge is 0.416 e. The van der Waals surface area contributed by atoms with Gasteiger partial charge in [-0.05, 0) is 23.8 Å². The molecule has 0 saturated heterocycles. The van der Waals surface area contributed by atoms with Crippen molar-refractivity contribution in [3.63, 3.8) is 0 Å². The average Bonchev–Trinajstić information content (AvgIpc) is 3.01. The summed E-state index contributed by atoms with van der Waals surface area (Å²) in [7, 11) is 0. The third-order valence-corrected chi connectivity index (χ3v) is 4.12. The van der Waals surface area contributed by atoms with Gasteiger partial charge in [0, 0.05) is 22.9 Å². The molecule has 0 fully saturated rings. The number of aromatic carboxylic acids is 1. The van der Waals surface area contributed by atoms with E-state index < -0.39 is 17.7 Å². The molecule has 1 N–H and O–H groups in total. The van der Waals surface area contributed by atoms with Gasteiger partial charge in [0.05, 0.1) is 11.1 Å². The summed E-state index contributed by atoms with van der Waals surface area (Å²) in [6.45, 7) is 0. The van der Waals surface area contributed by atoms with Gasteiger partial charge in [0.15, 0.2) is 0 Å². The van der Waals surface area contributed by atoms with Crippen LogP contribution in [0.15, 0.2) is 40.8 Å². The van der Waals surface area contributed by atoms with E-state index in [1.807, 2.05) is 0 Å². The molecule has 3 aromatic rings. The van der Waals surface area contributed by atoms with Crippen LogP contribution in [0.2, 0.25) is 0 Å². The van der Waals surface area contributed by atoms with Crippen LogP contribution in [0.3, 0.4) is 0 Å². The minimum absolute atomic E-state index is 0.163. The van der Waals surface area contributed by atoms with Gasteiger partial charge in [-0.25, -0.2) is 4.79 Å². The highest BCUT2D eigenvalue weighted by atomic mass is 19.4. The maximum Gasteiger partial charge on any atom is 0.416 e. The maximum absolute atomic E-state index is 12.8. The van der Waals surface area contributed by atoms with E-state index in [1.54, 1.807) is 12.1 Å². The number of benzene rings is 2. The molecule has 1 aromatic heterocycles. The molecule has 0 amide bonds. The maximum atomic E-state index is 12.8. The molecule has 0 atom stereocenters. The summed E-state index contributed by atoms with van der Waals surface area (Å²) in [4.78, 5) is 11.3. The molecular weight excluding hydrogens is 309 g/mol. The summed E-state index contributed by atoms with van der Waals surface area (Å²) in [6.07, 6.45) is -4.09. The van der Waals surface area contributed by atoms with Crippen LogP contribution >= 0.6 is 0 Å². The number of rotatable bonds is 1. The van der Waals surface area contributed by atoms with E-state index in [-0.39, 0.29) is 11.1 Å². The first-order valence-electron chi connectivity index (χ1n) is 6.84. The van der Waals surface area contributed by atoms with Gasteiger partial charge in [-0.15, -0.1) is 0 Å². The monoisotopic (exact) mass is 318 g/mol. The number of alkyl halides is 3. The standard InChI is InChI=1S/C17H9F3O3/c18-17(19,20)8-4-5-9-13-7-12-10(15(13)23-14(9)6-8)2-1-3-11(12)16(21)22/h1-6H,7H2,(H,21,22). The summed E-state index contributed by atoms with van der Waals surface area (Å²) in [5.74, 6) is -0.576. The Morgan fingerprint density at radius 2 is 1.91 bits per heavy atom. The van der Waals surface area contributed by atoms with E-state index in [9.17, 15) is 23.1 Å². The molecular formula is C17H9F3O3. The number of halogens is 3. The Balaban J connectivity index is 1.93. The first-order valence-corrected chi connectivity index (χ1v) is 6.84. The van der Waals surface area contributed by atoms with Crippen molar-refractivity contribution in [3.8, 4) is 11.3 Å². The fourth-order valence-corrected chi connectivity index (χ4v) is 3.09. The van der Waals surface area contributed by atoms with E-state index in [0.717, 1.165) is 17.7 Å². The highest BCUT2D eigenvalue weighted by Gasteiger charge is 2.33. The zero-order chi connectivity index (χ0) is 16.4. The van der Waals surface area contributed by atoms with E-state index in [1.165, 1.54) is 12.1 Å². The van der Waals surface area contributed by atoms with Gasteiger partial charge < -0.3 is 9.52 Å². The molecule has 0 unspecified atom stereocenters. The first kappa shape index (κ1) is 13.9. The lowest BCUT2D eigenvalue weighted by atomic mass is 10.0. The van der Waals surface area contributed by atoms with Crippen molar-refractivity contribution in [2.75, 3.05) is 0 Å². The van der Waals surface area contributed by atoms with Gasteiger partial charge in [0.25, 0.3) is 0 Å². The molecule has 4 rings (SSSR count). The second-order valence-electron chi connectivity index (χ2n) is 5.43. The highest BCUT2D eigenvalue weighted by Crippen LogP contribution is 2.45. The van der Waals surface area contributed by atoms with Crippen LogP contribution in [0.1, 0.15) is 27.0 Å². The second kappa shape index (κ2) is 4.38. The Morgan fingerprint density at radius 3 is 2.61 bits per heavy atom. The Bertz CT molecular complexity index is 967. The van der Waals surface area contributed by atoms with Crippen molar-refractivity contribution >= 4 is 16.9 Å². The SMILES string of the molecule is O=C(O)c1cccc2c1Cc1c-2oc2cc(C(F)(F)F)ccc12. The Labute approximate surface area is 128 Å². The number of furan rings is 1. The zero-order valence-corrected chi connectivity index (χ0v) is 11.6. The molecule has 0 bridgehead atoms. The van der Waals surface area contributed by atoms with Crippen LogP contribution in [-0.2, 0) is 12.6 Å². The fraction of sp³-hybridized carbons (Fsp3) is 0.118. The molecule has 1 aliphatic carbocycles. The van der Waals surface area contributed by atoms with Gasteiger partial charge in [0.2, 0.25) is 0 Å². The number of hydrogen-bond donors (Lipinski definition) is 1. The van der Waals surface area contributed by atoms with Crippen LogP contribution < -0.4 is 0 Å². The lowest BCUT2D eigenvalue weighted by molar-refractivity contribution is -0.137. The zero-order valence-electron chi connectivity index (χ0n) is 11.6. The van der Waals surface area contributed by atoms with E-state index in [0.29, 0.717) is 28.7 Å². The van der Waals surface area contributed by atoms with Gasteiger partial charge in [-0.3, -0.25) is 0 Å². The normalized spacial score (nSPS) is 13.2. The minimum Gasteiger partial charge on any atom is -0.478 e.